The molecule has 0 radical (unpaired) electrons. The molecule has 0 aliphatic carbocycles. The molecule has 2 nitrogen and oxygen atoms in total. The van der Waals surface area contributed by atoms with Crippen molar-refractivity contribution >= 4 is 5.69 Å². The molecule has 1 aromatic carbocycles. The minimum atomic E-state index is -0.0831. The first-order valence-corrected chi connectivity index (χ1v) is 8.33. The molecule has 0 saturated carbocycles. The van der Waals surface area contributed by atoms with Crippen molar-refractivity contribution in [1.82, 2.24) is 5.32 Å². The summed E-state index contributed by atoms with van der Waals surface area (Å²) in [5.74, 6) is -0.0831. The average molecular weight is 292 g/mol. The minimum Gasteiger partial charge on any atom is -0.369 e. The third-order valence-corrected chi connectivity index (χ3v) is 5.26. The van der Waals surface area contributed by atoms with E-state index in [0.29, 0.717) is 5.41 Å². The van der Waals surface area contributed by atoms with E-state index in [2.05, 4.69) is 44.0 Å². The number of anilines is 1. The number of hydrogen-bond acceptors (Lipinski definition) is 2. The van der Waals surface area contributed by atoms with Gasteiger partial charge in [0.05, 0.1) is 5.69 Å². The van der Waals surface area contributed by atoms with Crippen LogP contribution in [0.2, 0.25) is 0 Å². The first-order valence-electron chi connectivity index (χ1n) is 8.33. The summed E-state index contributed by atoms with van der Waals surface area (Å²) in [6, 6.07) is 5.91. The summed E-state index contributed by atoms with van der Waals surface area (Å²) in [4.78, 5) is 2.23. The molecule has 1 atom stereocenters. The van der Waals surface area contributed by atoms with Crippen molar-refractivity contribution in [3.8, 4) is 0 Å². The molecular weight excluding hydrogens is 263 g/mol. The van der Waals surface area contributed by atoms with Gasteiger partial charge in [0.15, 0.2) is 0 Å². The molecule has 21 heavy (non-hydrogen) atoms. The van der Waals surface area contributed by atoms with Crippen molar-refractivity contribution in [2.24, 2.45) is 5.41 Å². The van der Waals surface area contributed by atoms with Crippen molar-refractivity contribution in [3.63, 3.8) is 0 Å². The van der Waals surface area contributed by atoms with Crippen LogP contribution in [-0.2, 0) is 0 Å². The molecule has 1 fully saturated rings. The third kappa shape index (κ3) is 3.39. The molecule has 1 heterocycles. The predicted octanol–water partition coefficient (Wildman–Crippen LogP) is 4.51. The van der Waals surface area contributed by atoms with Crippen LogP contribution in [0.4, 0.5) is 10.1 Å². The second-order valence-corrected chi connectivity index (χ2v) is 6.37. The Balaban J connectivity index is 2.15. The Morgan fingerprint density at radius 3 is 2.52 bits per heavy atom. The minimum absolute atomic E-state index is 0.0831. The lowest BCUT2D eigenvalue weighted by atomic mass is 9.82. The summed E-state index contributed by atoms with van der Waals surface area (Å²) in [5.41, 5.74) is 2.17. The Hall–Kier alpha value is -1.09. The van der Waals surface area contributed by atoms with Gasteiger partial charge in [-0.05, 0) is 55.8 Å². The van der Waals surface area contributed by atoms with Gasteiger partial charge in [-0.3, -0.25) is 0 Å². The van der Waals surface area contributed by atoms with Crippen molar-refractivity contribution in [2.75, 3.05) is 24.5 Å². The Labute approximate surface area is 128 Å². The molecule has 1 aliphatic heterocycles. The number of halogens is 1. The van der Waals surface area contributed by atoms with Crippen LogP contribution in [0, 0.1) is 11.2 Å². The molecule has 0 aromatic heterocycles. The van der Waals surface area contributed by atoms with Crippen LogP contribution in [0.3, 0.4) is 0 Å². The zero-order valence-electron chi connectivity index (χ0n) is 13.9. The standard InChI is InChI=1S/C18H29FN2/c1-5-18(6-2)10-11-21(13-18)17-9-8-15(12-16(17)19)14(4)20-7-3/h8-9,12,14,20H,5-7,10-11,13H2,1-4H3. The van der Waals surface area contributed by atoms with Gasteiger partial charge >= 0.3 is 0 Å². The highest BCUT2D eigenvalue weighted by atomic mass is 19.1. The molecule has 118 valence electrons. The Bertz CT molecular complexity index is 468. The fraction of sp³-hybridized carbons (Fsp3) is 0.667. The highest BCUT2D eigenvalue weighted by Gasteiger charge is 2.35. The molecule has 0 bridgehead atoms. The summed E-state index contributed by atoms with van der Waals surface area (Å²) in [6.45, 7) is 11.5. The maximum Gasteiger partial charge on any atom is 0.146 e. The van der Waals surface area contributed by atoms with Crippen LogP contribution in [0.25, 0.3) is 0 Å². The van der Waals surface area contributed by atoms with Gasteiger partial charge in [0.1, 0.15) is 5.82 Å². The van der Waals surface area contributed by atoms with Crippen LogP contribution in [0.15, 0.2) is 18.2 Å². The van der Waals surface area contributed by atoms with Gasteiger partial charge in [-0.15, -0.1) is 0 Å². The fourth-order valence-corrected chi connectivity index (χ4v) is 3.44. The highest BCUT2D eigenvalue weighted by Crippen LogP contribution is 2.39. The first-order chi connectivity index (χ1) is 10.0. The Kier molecular flexibility index (Phi) is 5.26. The highest BCUT2D eigenvalue weighted by molar-refractivity contribution is 5.51. The fourth-order valence-electron chi connectivity index (χ4n) is 3.44. The number of rotatable bonds is 6. The van der Waals surface area contributed by atoms with Gasteiger partial charge < -0.3 is 10.2 Å². The molecule has 1 N–H and O–H groups in total. The lowest BCUT2D eigenvalue weighted by Crippen LogP contribution is -2.27. The maximum atomic E-state index is 14.5. The molecular formula is C18H29FN2. The quantitative estimate of drug-likeness (QED) is 0.829. The van der Waals surface area contributed by atoms with E-state index in [4.69, 9.17) is 0 Å². The Morgan fingerprint density at radius 2 is 2.00 bits per heavy atom. The molecule has 2 rings (SSSR count). The van der Waals surface area contributed by atoms with Gasteiger partial charge in [-0.25, -0.2) is 4.39 Å². The van der Waals surface area contributed by atoms with E-state index in [0.717, 1.165) is 30.9 Å². The van der Waals surface area contributed by atoms with Gasteiger partial charge in [-0.1, -0.05) is 26.8 Å². The summed E-state index contributed by atoms with van der Waals surface area (Å²) in [6.07, 6.45) is 3.53. The summed E-state index contributed by atoms with van der Waals surface area (Å²) < 4.78 is 14.5. The lowest BCUT2D eigenvalue weighted by molar-refractivity contribution is 0.301. The zero-order valence-corrected chi connectivity index (χ0v) is 13.9. The lowest BCUT2D eigenvalue weighted by Gasteiger charge is -2.27. The van der Waals surface area contributed by atoms with Crippen molar-refractivity contribution in [1.29, 1.82) is 0 Å². The smallest absolute Gasteiger partial charge is 0.146 e. The molecule has 1 aliphatic rings. The second kappa shape index (κ2) is 6.78. The monoisotopic (exact) mass is 292 g/mol. The van der Waals surface area contributed by atoms with Crippen LogP contribution in [-0.4, -0.2) is 19.6 Å². The SMILES string of the molecule is CCNC(C)c1ccc(N2CCC(CC)(CC)C2)c(F)c1. The van der Waals surface area contributed by atoms with E-state index in [-0.39, 0.29) is 11.9 Å². The first kappa shape index (κ1) is 16.3. The van der Waals surface area contributed by atoms with Crippen molar-refractivity contribution in [2.45, 2.75) is 53.0 Å². The molecule has 1 unspecified atom stereocenters. The van der Waals surface area contributed by atoms with Crippen LogP contribution < -0.4 is 10.2 Å². The summed E-state index contributed by atoms with van der Waals surface area (Å²) in [7, 11) is 0. The van der Waals surface area contributed by atoms with E-state index < -0.39 is 0 Å². The van der Waals surface area contributed by atoms with Crippen molar-refractivity contribution in [3.05, 3.63) is 29.6 Å². The van der Waals surface area contributed by atoms with Crippen LogP contribution in [0.1, 0.15) is 58.6 Å². The maximum absolute atomic E-state index is 14.5. The number of benzene rings is 1. The topological polar surface area (TPSA) is 15.3 Å². The van der Waals surface area contributed by atoms with E-state index in [9.17, 15) is 4.39 Å². The summed E-state index contributed by atoms with van der Waals surface area (Å²) >= 11 is 0. The average Bonchev–Trinajstić information content (AvgIpc) is 2.92. The zero-order chi connectivity index (χ0) is 15.5. The third-order valence-electron chi connectivity index (χ3n) is 5.26. The van der Waals surface area contributed by atoms with E-state index in [1.165, 1.54) is 19.3 Å². The van der Waals surface area contributed by atoms with Gasteiger partial charge in [0.2, 0.25) is 0 Å². The second-order valence-electron chi connectivity index (χ2n) is 6.37. The van der Waals surface area contributed by atoms with E-state index in [1.807, 2.05) is 6.07 Å². The van der Waals surface area contributed by atoms with Gasteiger partial charge in [0, 0.05) is 19.1 Å². The molecule has 0 spiro atoms. The van der Waals surface area contributed by atoms with Crippen LogP contribution in [0.5, 0.6) is 0 Å². The molecule has 3 heteroatoms. The van der Waals surface area contributed by atoms with Gasteiger partial charge in [0.25, 0.3) is 0 Å². The van der Waals surface area contributed by atoms with Gasteiger partial charge in [-0.2, -0.15) is 0 Å². The van der Waals surface area contributed by atoms with Crippen LogP contribution >= 0.6 is 0 Å². The largest absolute Gasteiger partial charge is 0.369 e. The van der Waals surface area contributed by atoms with E-state index in [1.54, 1.807) is 6.07 Å². The van der Waals surface area contributed by atoms with Crippen molar-refractivity contribution < 1.29 is 4.39 Å². The number of hydrogen-bond donors (Lipinski definition) is 1. The molecule has 1 saturated heterocycles. The summed E-state index contributed by atoms with van der Waals surface area (Å²) in [5, 5.41) is 3.33. The normalized spacial score (nSPS) is 19.0. The molecule has 0 amide bonds. The van der Waals surface area contributed by atoms with E-state index >= 15 is 0 Å². The number of nitrogens with zero attached hydrogens (tertiary/aromatic N) is 1. The molecule has 1 aromatic rings. The Morgan fingerprint density at radius 1 is 1.29 bits per heavy atom. The predicted molar refractivity (Wildman–Crippen MR) is 88.3 cm³/mol. The number of nitrogens with one attached hydrogen (secondary N) is 1.